The van der Waals surface area contributed by atoms with Gasteiger partial charge in [-0.15, -0.1) is 0 Å². The number of imidazole rings is 1. The molecule has 1 unspecified atom stereocenters. The summed E-state index contributed by atoms with van der Waals surface area (Å²) in [5, 5.41) is -0.314. The Hall–Kier alpha value is -3.72. The van der Waals surface area contributed by atoms with Gasteiger partial charge in [0.15, 0.2) is 0 Å². The maximum absolute atomic E-state index is 15.0. The molecule has 1 aliphatic rings. The van der Waals surface area contributed by atoms with Crippen molar-refractivity contribution in [3.63, 3.8) is 0 Å². The molecule has 1 amide bonds. The van der Waals surface area contributed by atoms with Crippen LogP contribution in [-0.4, -0.2) is 15.5 Å². The van der Waals surface area contributed by atoms with Gasteiger partial charge in [-0.3, -0.25) is 4.79 Å². The van der Waals surface area contributed by atoms with Gasteiger partial charge in [0.05, 0.1) is 11.8 Å². The van der Waals surface area contributed by atoms with Crippen molar-refractivity contribution in [1.29, 1.82) is 0 Å². The highest BCUT2D eigenvalue weighted by molar-refractivity contribution is 8.00. The van der Waals surface area contributed by atoms with E-state index in [1.165, 1.54) is 30.1 Å². The summed E-state index contributed by atoms with van der Waals surface area (Å²) < 4.78 is 48.7. The zero-order valence-corrected chi connectivity index (χ0v) is 23.2. The lowest BCUT2D eigenvalue weighted by molar-refractivity contribution is -0.119. The number of benzene rings is 3. The van der Waals surface area contributed by atoms with Gasteiger partial charge < -0.3 is 14.2 Å². The van der Waals surface area contributed by atoms with Crippen molar-refractivity contribution in [2.24, 2.45) is 7.05 Å². The van der Waals surface area contributed by atoms with Crippen LogP contribution in [0.3, 0.4) is 0 Å². The van der Waals surface area contributed by atoms with Gasteiger partial charge in [0, 0.05) is 49.2 Å². The molecule has 1 aromatic heterocycles. The molecule has 1 heterocycles. The lowest BCUT2D eigenvalue weighted by Gasteiger charge is -2.33. The normalized spacial score (nSPS) is 16.7. The highest BCUT2D eigenvalue weighted by atomic mass is 32.2. The number of nitrogens with zero attached hydrogens (tertiary/aromatic N) is 3. The second-order valence-electron chi connectivity index (χ2n) is 10.2. The van der Waals surface area contributed by atoms with Crippen LogP contribution in [0.1, 0.15) is 59.9 Å². The van der Waals surface area contributed by atoms with E-state index in [4.69, 9.17) is 0 Å². The standard InChI is InChI=1S/C31H31F3N4OS/c1-21(22-7-4-3-5-8-22)17-30(39)38(20-29-35-15-16-37(29)2)25-11-12-27-26(19-25)28(13-14-31(27,33)34)40-36-24-10-6-9-23(32)18-24/h3-12,15-16,18-19,21,28,36H,13-14,17,20H2,1-2H3/t21-,28?/m0/s1. The van der Waals surface area contributed by atoms with Crippen LogP contribution in [0.5, 0.6) is 0 Å². The molecule has 5 nitrogen and oxygen atoms in total. The third kappa shape index (κ3) is 6.20. The molecule has 0 radical (unpaired) electrons. The van der Waals surface area contributed by atoms with Crippen LogP contribution in [0.2, 0.25) is 0 Å². The SMILES string of the molecule is C[C@@H](CC(=O)N(Cc1nccn1C)c1ccc2c(c1)C(SNc1cccc(F)c1)CCC2(F)F)c1ccccc1. The van der Waals surface area contributed by atoms with Gasteiger partial charge in [-0.1, -0.05) is 49.4 Å². The topological polar surface area (TPSA) is 50.2 Å². The third-order valence-corrected chi connectivity index (χ3v) is 8.45. The van der Waals surface area contributed by atoms with Crippen LogP contribution in [0.25, 0.3) is 0 Å². The van der Waals surface area contributed by atoms with Crippen molar-refractivity contribution in [2.75, 3.05) is 9.62 Å². The van der Waals surface area contributed by atoms with Gasteiger partial charge >= 0.3 is 0 Å². The Kier molecular flexibility index (Phi) is 8.21. The molecule has 1 N–H and O–H groups in total. The average Bonchev–Trinajstić information content (AvgIpc) is 3.35. The van der Waals surface area contributed by atoms with Gasteiger partial charge in [-0.25, -0.2) is 18.2 Å². The van der Waals surface area contributed by atoms with Gasteiger partial charge in [0.2, 0.25) is 5.91 Å². The molecule has 5 rings (SSSR count). The molecular weight excluding hydrogens is 533 g/mol. The number of hydrogen-bond donors (Lipinski definition) is 1. The van der Waals surface area contributed by atoms with Crippen LogP contribution < -0.4 is 9.62 Å². The minimum Gasteiger partial charge on any atom is -0.337 e. The molecule has 40 heavy (non-hydrogen) atoms. The summed E-state index contributed by atoms with van der Waals surface area (Å²) >= 11 is 1.28. The maximum Gasteiger partial charge on any atom is 0.273 e. The van der Waals surface area contributed by atoms with Crippen molar-refractivity contribution >= 4 is 29.2 Å². The number of hydrogen-bond acceptors (Lipinski definition) is 4. The highest BCUT2D eigenvalue weighted by Gasteiger charge is 2.41. The molecule has 4 aromatic rings. The largest absolute Gasteiger partial charge is 0.337 e. The maximum atomic E-state index is 15.0. The van der Waals surface area contributed by atoms with E-state index in [1.807, 2.05) is 55.1 Å². The molecule has 3 aromatic carbocycles. The van der Waals surface area contributed by atoms with E-state index >= 15 is 8.78 Å². The number of rotatable bonds is 9. The van der Waals surface area contributed by atoms with Crippen LogP contribution in [0.15, 0.2) is 85.2 Å². The Morgan fingerprint density at radius 1 is 1.15 bits per heavy atom. The first-order chi connectivity index (χ1) is 19.2. The minimum atomic E-state index is -2.97. The lowest BCUT2D eigenvalue weighted by atomic mass is 9.87. The number of fused-ring (bicyclic) bond motifs is 1. The quantitative estimate of drug-likeness (QED) is 0.210. The van der Waals surface area contributed by atoms with E-state index in [-0.39, 0.29) is 54.3 Å². The summed E-state index contributed by atoms with van der Waals surface area (Å²) in [7, 11) is 1.86. The van der Waals surface area contributed by atoms with Crippen LogP contribution in [0, 0.1) is 5.82 Å². The summed E-state index contributed by atoms with van der Waals surface area (Å²) in [6.45, 7) is 2.21. The summed E-state index contributed by atoms with van der Waals surface area (Å²) in [4.78, 5) is 19.8. The highest BCUT2D eigenvalue weighted by Crippen LogP contribution is 2.50. The fourth-order valence-corrected chi connectivity index (χ4v) is 5.98. The first-order valence-electron chi connectivity index (χ1n) is 13.2. The van der Waals surface area contributed by atoms with Crippen LogP contribution >= 0.6 is 11.9 Å². The fraction of sp³-hybridized carbons (Fsp3) is 0.290. The summed E-state index contributed by atoms with van der Waals surface area (Å²) in [6.07, 6.45) is 3.67. The van der Waals surface area contributed by atoms with Crippen molar-refractivity contribution in [3.05, 3.63) is 114 Å². The number of amides is 1. The number of carbonyl (C=O) groups excluding carboxylic acids is 1. The van der Waals surface area contributed by atoms with Gasteiger partial charge in [-0.2, -0.15) is 0 Å². The fourth-order valence-electron chi connectivity index (χ4n) is 5.02. The van der Waals surface area contributed by atoms with E-state index in [2.05, 4.69) is 9.71 Å². The molecule has 0 saturated heterocycles. The molecule has 0 bridgehead atoms. The first kappa shape index (κ1) is 27.8. The van der Waals surface area contributed by atoms with Gasteiger partial charge in [0.1, 0.15) is 11.6 Å². The van der Waals surface area contributed by atoms with E-state index in [0.717, 1.165) is 5.56 Å². The molecule has 208 valence electrons. The Balaban J connectivity index is 1.46. The van der Waals surface area contributed by atoms with Crippen molar-refractivity contribution < 1.29 is 18.0 Å². The molecule has 2 atom stereocenters. The van der Waals surface area contributed by atoms with Crippen LogP contribution in [0.4, 0.5) is 24.5 Å². The molecular formula is C31H31F3N4OS. The Morgan fingerprint density at radius 3 is 2.67 bits per heavy atom. The predicted octanol–water partition coefficient (Wildman–Crippen LogP) is 7.97. The zero-order valence-electron chi connectivity index (χ0n) is 22.4. The number of aryl methyl sites for hydroxylation is 1. The molecule has 0 fully saturated rings. The Labute approximate surface area is 236 Å². The van der Waals surface area contributed by atoms with Crippen molar-refractivity contribution in [3.8, 4) is 0 Å². The number of anilines is 2. The Bertz CT molecular complexity index is 1480. The number of halogens is 3. The Morgan fingerprint density at radius 2 is 1.95 bits per heavy atom. The van der Waals surface area contributed by atoms with Gasteiger partial charge in [0.25, 0.3) is 5.92 Å². The molecule has 0 spiro atoms. The second kappa shape index (κ2) is 11.8. The van der Waals surface area contributed by atoms with Gasteiger partial charge in [-0.05, 0) is 65.7 Å². The number of aromatic nitrogens is 2. The average molecular weight is 565 g/mol. The van der Waals surface area contributed by atoms with Crippen molar-refractivity contribution in [2.45, 2.75) is 49.8 Å². The number of carbonyl (C=O) groups is 1. The monoisotopic (exact) mass is 564 g/mol. The third-order valence-electron chi connectivity index (χ3n) is 7.32. The smallest absolute Gasteiger partial charge is 0.273 e. The minimum absolute atomic E-state index is 0.0293. The summed E-state index contributed by atoms with van der Waals surface area (Å²) in [6, 6.07) is 20.6. The number of nitrogens with one attached hydrogen (secondary N) is 1. The molecule has 0 aliphatic heterocycles. The van der Waals surface area contributed by atoms with E-state index in [0.29, 0.717) is 22.8 Å². The van der Waals surface area contributed by atoms with E-state index in [1.54, 1.807) is 35.4 Å². The van der Waals surface area contributed by atoms with Crippen molar-refractivity contribution in [1.82, 2.24) is 9.55 Å². The molecule has 0 saturated carbocycles. The molecule has 1 aliphatic carbocycles. The van der Waals surface area contributed by atoms with E-state index < -0.39 is 5.92 Å². The molecule has 9 heteroatoms. The number of alkyl halides is 2. The van der Waals surface area contributed by atoms with Crippen LogP contribution in [-0.2, 0) is 24.3 Å². The zero-order chi connectivity index (χ0) is 28.3. The summed E-state index contributed by atoms with van der Waals surface area (Å²) in [5.74, 6) is -2.82. The predicted molar refractivity (Wildman–Crippen MR) is 154 cm³/mol. The first-order valence-corrected chi connectivity index (χ1v) is 14.1. The summed E-state index contributed by atoms with van der Waals surface area (Å²) in [5.41, 5.74) is 2.58. The lowest BCUT2D eigenvalue weighted by Crippen LogP contribution is -2.33. The van der Waals surface area contributed by atoms with E-state index in [9.17, 15) is 9.18 Å². The second-order valence-corrected chi connectivity index (χ2v) is 11.2.